The highest BCUT2D eigenvalue weighted by molar-refractivity contribution is 14.0. The zero-order chi connectivity index (χ0) is 17.5. The third kappa shape index (κ3) is 12.0. The van der Waals surface area contributed by atoms with Gasteiger partial charge in [0.15, 0.2) is 5.96 Å². The molecular formula is C19H34IN3O2. The van der Waals surface area contributed by atoms with Crippen molar-refractivity contribution in [1.82, 2.24) is 10.6 Å². The van der Waals surface area contributed by atoms with E-state index in [1.807, 2.05) is 30.3 Å². The van der Waals surface area contributed by atoms with Crippen LogP contribution in [0.1, 0.15) is 39.5 Å². The van der Waals surface area contributed by atoms with Crippen LogP contribution in [0.5, 0.6) is 5.75 Å². The molecule has 1 aromatic carbocycles. The summed E-state index contributed by atoms with van der Waals surface area (Å²) in [6, 6.07) is 9.86. The highest BCUT2D eigenvalue weighted by atomic mass is 127. The maximum Gasteiger partial charge on any atom is 0.191 e. The second-order valence-electron chi connectivity index (χ2n) is 5.83. The van der Waals surface area contributed by atoms with Crippen molar-refractivity contribution in [1.29, 1.82) is 0 Å². The quantitative estimate of drug-likeness (QED) is 0.192. The maximum atomic E-state index is 9.13. The molecule has 0 amide bonds. The van der Waals surface area contributed by atoms with Crippen LogP contribution in [0.4, 0.5) is 0 Å². The molecular weight excluding hydrogens is 429 g/mol. The number of para-hydroxylation sites is 1. The monoisotopic (exact) mass is 463 g/mol. The molecule has 0 aliphatic carbocycles. The third-order valence-electron chi connectivity index (χ3n) is 3.71. The van der Waals surface area contributed by atoms with Gasteiger partial charge in [0.2, 0.25) is 0 Å². The summed E-state index contributed by atoms with van der Waals surface area (Å²) in [5.74, 6) is 2.21. The van der Waals surface area contributed by atoms with Crippen LogP contribution in [0.2, 0.25) is 0 Å². The molecule has 3 N–H and O–H groups in total. The van der Waals surface area contributed by atoms with Crippen LogP contribution >= 0.6 is 24.0 Å². The average Bonchev–Trinajstić information content (AvgIpc) is 2.60. The zero-order valence-corrected chi connectivity index (χ0v) is 17.9. The molecule has 144 valence electrons. The van der Waals surface area contributed by atoms with E-state index < -0.39 is 0 Å². The van der Waals surface area contributed by atoms with Crippen LogP contribution < -0.4 is 15.4 Å². The van der Waals surface area contributed by atoms with Gasteiger partial charge in [-0.15, -0.1) is 24.0 Å². The van der Waals surface area contributed by atoms with E-state index in [-0.39, 0.29) is 30.6 Å². The summed E-state index contributed by atoms with van der Waals surface area (Å²) in [6.07, 6.45) is 3.96. The Balaban J connectivity index is 0.00000576. The first kappa shape index (κ1) is 24.0. The summed E-state index contributed by atoms with van der Waals surface area (Å²) in [5.41, 5.74) is 0. The molecule has 1 unspecified atom stereocenters. The first-order valence-electron chi connectivity index (χ1n) is 9.11. The van der Waals surface area contributed by atoms with Crippen molar-refractivity contribution in [2.24, 2.45) is 10.9 Å². The van der Waals surface area contributed by atoms with E-state index in [0.29, 0.717) is 12.5 Å². The van der Waals surface area contributed by atoms with Gasteiger partial charge >= 0.3 is 0 Å². The lowest BCUT2D eigenvalue weighted by molar-refractivity contribution is 0.253. The molecule has 5 nitrogen and oxygen atoms in total. The Morgan fingerprint density at radius 1 is 1.16 bits per heavy atom. The van der Waals surface area contributed by atoms with Crippen LogP contribution in [0.3, 0.4) is 0 Å². The van der Waals surface area contributed by atoms with Gasteiger partial charge in [-0.3, -0.25) is 4.99 Å². The van der Waals surface area contributed by atoms with E-state index in [4.69, 9.17) is 9.84 Å². The maximum absolute atomic E-state index is 9.13. The van der Waals surface area contributed by atoms with Crippen molar-refractivity contribution in [3.8, 4) is 5.75 Å². The highest BCUT2D eigenvalue weighted by Gasteiger charge is 2.07. The highest BCUT2D eigenvalue weighted by Crippen LogP contribution is 2.11. The third-order valence-corrected chi connectivity index (χ3v) is 3.71. The van der Waals surface area contributed by atoms with E-state index in [0.717, 1.165) is 57.0 Å². The molecule has 0 bridgehead atoms. The summed E-state index contributed by atoms with van der Waals surface area (Å²) in [7, 11) is 0. The van der Waals surface area contributed by atoms with Gasteiger partial charge in [-0.25, -0.2) is 0 Å². The molecule has 1 atom stereocenters. The van der Waals surface area contributed by atoms with E-state index in [9.17, 15) is 0 Å². The second-order valence-corrected chi connectivity index (χ2v) is 5.83. The van der Waals surface area contributed by atoms with Crippen molar-refractivity contribution >= 4 is 29.9 Å². The van der Waals surface area contributed by atoms with Gasteiger partial charge in [-0.1, -0.05) is 31.5 Å². The number of hydrogen-bond donors (Lipinski definition) is 3. The number of ether oxygens (including phenoxy) is 1. The Bertz CT molecular complexity index is 438. The minimum absolute atomic E-state index is 0. The summed E-state index contributed by atoms with van der Waals surface area (Å²) in [5, 5.41) is 15.7. The fraction of sp³-hybridized carbons (Fsp3) is 0.632. The van der Waals surface area contributed by atoms with Crippen molar-refractivity contribution in [2.75, 3.05) is 32.8 Å². The lowest BCUT2D eigenvalue weighted by atomic mass is 10.0. The first-order valence-corrected chi connectivity index (χ1v) is 9.11. The number of halogens is 1. The van der Waals surface area contributed by atoms with Gasteiger partial charge in [-0.2, -0.15) is 0 Å². The standard InChI is InChI=1S/C19H33N3O2.HI/c1-3-9-17(12-14-23)16-22-19(20-4-2)21-13-8-15-24-18-10-6-5-7-11-18;/h5-7,10-11,17,23H,3-4,8-9,12-16H2,1-2H3,(H2,20,21,22);1H. The molecule has 1 rings (SSSR count). The Hall–Kier alpha value is -1.02. The minimum Gasteiger partial charge on any atom is -0.494 e. The summed E-state index contributed by atoms with van der Waals surface area (Å²) in [4.78, 5) is 4.65. The van der Waals surface area contributed by atoms with E-state index in [1.54, 1.807) is 0 Å². The minimum atomic E-state index is 0. The van der Waals surface area contributed by atoms with Gasteiger partial charge in [0.1, 0.15) is 5.75 Å². The molecule has 0 fully saturated rings. The van der Waals surface area contributed by atoms with E-state index >= 15 is 0 Å². The molecule has 0 radical (unpaired) electrons. The Kier molecular flexibility index (Phi) is 15.8. The molecule has 6 heteroatoms. The topological polar surface area (TPSA) is 65.9 Å². The summed E-state index contributed by atoms with van der Waals surface area (Å²) >= 11 is 0. The Morgan fingerprint density at radius 2 is 1.92 bits per heavy atom. The number of hydrogen-bond acceptors (Lipinski definition) is 3. The predicted octanol–water partition coefficient (Wildman–Crippen LogP) is 3.43. The molecule has 0 aliphatic rings. The van der Waals surface area contributed by atoms with Gasteiger partial charge in [-0.05, 0) is 44.2 Å². The van der Waals surface area contributed by atoms with Gasteiger partial charge < -0.3 is 20.5 Å². The summed E-state index contributed by atoms with van der Waals surface area (Å²) < 4.78 is 5.68. The number of benzene rings is 1. The predicted molar refractivity (Wildman–Crippen MR) is 116 cm³/mol. The summed E-state index contributed by atoms with van der Waals surface area (Å²) in [6.45, 7) is 7.56. The number of nitrogens with one attached hydrogen (secondary N) is 2. The van der Waals surface area contributed by atoms with Gasteiger partial charge in [0.25, 0.3) is 0 Å². The molecule has 1 aromatic rings. The molecule has 25 heavy (non-hydrogen) atoms. The lowest BCUT2D eigenvalue weighted by Gasteiger charge is -2.15. The van der Waals surface area contributed by atoms with E-state index in [1.165, 1.54) is 0 Å². The molecule has 0 aliphatic heterocycles. The number of rotatable bonds is 12. The lowest BCUT2D eigenvalue weighted by Crippen LogP contribution is -2.38. The van der Waals surface area contributed by atoms with Gasteiger partial charge in [0, 0.05) is 26.2 Å². The molecule has 0 heterocycles. The van der Waals surface area contributed by atoms with Crippen molar-refractivity contribution in [3.63, 3.8) is 0 Å². The first-order chi connectivity index (χ1) is 11.8. The zero-order valence-electron chi connectivity index (χ0n) is 15.5. The van der Waals surface area contributed by atoms with Crippen LogP contribution in [-0.2, 0) is 0 Å². The molecule has 0 spiro atoms. The van der Waals surface area contributed by atoms with Crippen molar-refractivity contribution < 1.29 is 9.84 Å². The van der Waals surface area contributed by atoms with Crippen LogP contribution in [0.15, 0.2) is 35.3 Å². The smallest absolute Gasteiger partial charge is 0.191 e. The van der Waals surface area contributed by atoms with E-state index in [2.05, 4.69) is 29.5 Å². The van der Waals surface area contributed by atoms with Crippen LogP contribution in [0, 0.1) is 5.92 Å². The number of aliphatic imine (C=N–C) groups is 1. The number of aliphatic hydroxyl groups excluding tert-OH is 1. The Labute approximate surface area is 169 Å². The number of nitrogens with zero attached hydrogens (tertiary/aromatic N) is 1. The number of guanidine groups is 1. The average molecular weight is 463 g/mol. The molecule has 0 aromatic heterocycles. The van der Waals surface area contributed by atoms with Crippen molar-refractivity contribution in [3.05, 3.63) is 30.3 Å². The van der Waals surface area contributed by atoms with Gasteiger partial charge in [0.05, 0.1) is 6.61 Å². The Morgan fingerprint density at radius 3 is 2.56 bits per heavy atom. The molecule has 0 saturated heterocycles. The molecule has 0 saturated carbocycles. The SMILES string of the molecule is CCCC(CCO)CN=C(NCC)NCCCOc1ccccc1.I. The van der Waals surface area contributed by atoms with Crippen LogP contribution in [-0.4, -0.2) is 43.9 Å². The normalized spacial score (nSPS) is 12.2. The van der Waals surface area contributed by atoms with Crippen LogP contribution in [0.25, 0.3) is 0 Å². The number of aliphatic hydroxyl groups is 1. The fourth-order valence-corrected chi connectivity index (χ4v) is 2.47. The largest absolute Gasteiger partial charge is 0.494 e. The second kappa shape index (κ2) is 16.4. The fourth-order valence-electron chi connectivity index (χ4n) is 2.47. The van der Waals surface area contributed by atoms with Crippen molar-refractivity contribution in [2.45, 2.75) is 39.5 Å².